The van der Waals surface area contributed by atoms with Crippen molar-refractivity contribution in [3.05, 3.63) is 0 Å². The first-order chi connectivity index (χ1) is 9.07. The van der Waals surface area contributed by atoms with Crippen molar-refractivity contribution >= 4 is 28.7 Å². The van der Waals surface area contributed by atoms with Crippen molar-refractivity contribution in [1.29, 1.82) is 0 Å². The number of carboxylic acids is 1. The van der Waals surface area contributed by atoms with E-state index in [1.165, 1.54) is 4.90 Å². The molecular formula is C10H15N5O3S. The molecule has 0 aromatic carbocycles. The molecule has 1 unspecified atom stereocenters. The molecule has 2 heterocycles. The Morgan fingerprint density at radius 3 is 2.95 bits per heavy atom. The summed E-state index contributed by atoms with van der Waals surface area (Å²) >= 11 is 0.979. The molecule has 0 saturated carbocycles. The Labute approximate surface area is 114 Å². The number of aliphatic carboxylic acids is 1. The number of hydrogen-bond acceptors (Lipinski definition) is 6. The smallest absolute Gasteiger partial charge is 0.323 e. The largest absolute Gasteiger partial charge is 0.481 e. The van der Waals surface area contributed by atoms with Gasteiger partial charge in [0.2, 0.25) is 5.13 Å². The Morgan fingerprint density at radius 1 is 1.58 bits per heavy atom. The van der Waals surface area contributed by atoms with E-state index in [1.54, 1.807) is 0 Å². The maximum atomic E-state index is 12.0. The van der Waals surface area contributed by atoms with Crippen LogP contribution >= 0.6 is 11.5 Å². The summed E-state index contributed by atoms with van der Waals surface area (Å²) in [6.07, 6.45) is 1.84. The molecule has 2 amide bonds. The molecule has 0 aliphatic carbocycles. The summed E-state index contributed by atoms with van der Waals surface area (Å²) in [6.45, 7) is 2.61. The molecule has 1 atom stereocenters. The van der Waals surface area contributed by atoms with Crippen LogP contribution in [-0.2, 0) is 4.79 Å². The van der Waals surface area contributed by atoms with E-state index < -0.39 is 11.4 Å². The van der Waals surface area contributed by atoms with Crippen LogP contribution in [0.3, 0.4) is 0 Å². The van der Waals surface area contributed by atoms with E-state index in [1.807, 2.05) is 6.92 Å². The number of amides is 2. The first-order valence-electron chi connectivity index (χ1n) is 6.02. The first kappa shape index (κ1) is 13.7. The Kier molecular flexibility index (Phi) is 3.93. The summed E-state index contributed by atoms with van der Waals surface area (Å²) in [5.41, 5.74) is -0.814. The summed E-state index contributed by atoms with van der Waals surface area (Å²) in [4.78, 5) is 24.9. The second kappa shape index (κ2) is 5.47. The molecule has 1 aromatic heterocycles. The fourth-order valence-corrected chi connectivity index (χ4v) is 2.72. The van der Waals surface area contributed by atoms with Crippen LogP contribution < -0.4 is 5.32 Å². The van der Waals surface area contributed by atoms with Crippen LogP contribution in [0.2, 0.25) is 0 Å². The van der Waals surface area contributed by atoms with E-state index in [0.717, 1.165) is 18.0 Å². The van der Waals surface area contributed by atoms with Crippen LogP contribution in [0.4, 0.5) is 9.93 Å². The number of carboxylic acid groups (broad SMARTS) is 1. The molecule has 1 saturated heterocycles. The normalized spacial score (nSPS) is 22.5. The van der Waals surface area contributed by atoms with Gasteiger partial charge in [0, 0.05) is 24.6 Å². The Morgan fingerprint density at radius 2 is 2.37 bits per heavy atom. The van der Waals surface area contributed by atoms with Crippen molar-refractivity contribution in [3.63, 3.8) is 0 Å². The molecule has 1 aliphatic rings. The lowest BCUT2D eigenvalue weighted by Gasteiger charge is -2.24. The van der Waals surface area contributed by atoms with E-state index in [2.05, 4.69) is 20.1 Å². The minimum atomic E-state index is -0.831. The van der Waals surface area contributed by atoms with Gasteiger partial charge in [0.05, 0.1) is 5.41 Å². The highest BCUT2D eigenvalue weighted by atomic mass is 32.1. The fraction of sp³-hybridized carbons (Fsp3) is 0.700. The number of urea groups is 1. The van der Waals surface area contributed by atoms with E-state index in [9.17, 15) is 14.7 Å². The van der Waals surface area contributed by atoms with Crippen molar-refractivity contribution in [2.24, 2.45) is 5.41 Å². The van der Waals surface area contributed by atoms with Crippen LogP contribution in [0, 0.1) is 5.41 Å². The van der Waals surface area contributed by atoms with Gasteiger partial charge in [-0.3, -0.25) is 10.1 Å². The highest BCUT2D eigenvalue weighted by Crippen LogP contribution is 2.35. The average molecular weight is 285 g/mol. The third-order valence-electron chi connectivity index (χ3n) is 3.34. The van der Waals surface area contributed by atoms with Crippen LogP contribution in [0.5, 0.6) is 0 Å². The zero-order valence-corrected chi connectivity index (χ0v) is 11.3. The number of anilines is 1. The van der Waals surface area contributed by atoms with Crippen molar-refractivity contribution in [3.8, 4) is 0 Å². The Hall–Kier alpha value is -1.77. The molecule has 2 rings (SSSR count). The third-order valence-corrected chi connectivity index (χ3v) is 3.85. The highest BCUT2D eigenvalue weighted by Gasteiger charge is 2.45. The molecule has 104 valence electrons. The van der Waals surface area contributed by atoms with Crippen molar-refractivity contribution < 1.29 is 14.7 Å². The third kappa shape index (κ3) is 2.80. The van der Waals surface area contributed by atoms with Crippen LogP contribution in [0.1, 0.15) is 26.2 Å². The molecule has 0 radical (unpaired) electrons. The summed E-state index contributed by atoms with van der Waals surface area (Å²) < 4.78 is 3.54. The molecule has 1 aromatic rings. The van der Waals surface area contributed by atoms with E-state index in [0.29, 0.717) is 24.5 Å². The lowest BCUT2D eigenvalue weighted by atomic mass is 9.83. The van der Waals surface area contributed by atoms with E-state index >= 15 is 0 Å². The highest BCUT2D eigenvalue weighted by molar-refractivity contribution is 7.09. The van der Waals surface area contributed by atoms with Gasteiger partial charge < -0.3 is 10.0 Å². The summed E-state index contributed by atoms with van der Waals surface area (Å²) in [6, 6.07) is -0.349. The zero-order valence-electron chi connectivity index (χ0n) is 10.5. The van der Waals surface area contributed by atoms with Gasteiger partial charge in [-0.25, -0.2) is 4.79 Å². The zero-order chi connectivity index (χ0) is 13.9. The lowest BCUT2D eigenvalue weighted by molar-refractivity contribution is -0.148. The minimum Gasteiger partial charge on any atom is -0.481 e. The molecule has 19 heavy (non-hydrogen) atoms. The Bertz CT molecular complexity index is 466. The molecule has 1 fully saturated rings. The number of nitrogens with one attached hydrogen (secondary N) is 1. The molecule has 9 heteroatoms. The topological polar surface area (TPSA) is 108 Å². The van der Waals surface area contributed by atoms with Gasteiger partial charge in [-0.15, -0.1) is 0 Å². The molecular weight excluding hydrogens is 270 g/mol. The van der Waals surface area contributed by atoms with Gasteiger partial charge >= 0.3 is 12.0 Å². The maximum Gasteiger partial charge on any atom is 0.323 e. The van der Waals surface area contributed by atoms with Gasteiger partial charge in [0.25, 0.3) is 0 Å². The summed E-state index contributed by atoms with van der Waals surface area (Å²) in [5, 5.41) is 19.2. The molecule has 0 spiro atoms. The van der Waals surface area contributed by atoms with Crippen LogP contribution in [0.25, 0.3) is 0 Å². The quantitative estimate of drug-likeness (QED) is 0.855. The second-order valence-corrected chi connectivity index (χ2v) is 5.34. The average Bonchev–Trinajstić information content (AvgIpc) is 2.99. The fourth-order valence-electron chi connectivity index (χ4n) is 2.36. The van der Waals surface area contributed by atoms with Crippen LogP contribution in [-0.4, -0.2) is 49.9 Å². The second-order valence-electron chi connectivity index (χ2n) is 4.60. The number of rotatable bonds is 4. The monoisotopic (exact) mass is 285 g/mol. The molecule has 2 N–H and O–H groups in total. The van der Waals surface area contributed by atoms with Crippen molar-refractivity contribution in [1.82, 2.24) is 19.7 Å². The summed E-state index contributed by atoms with van der Waals surface area (Å²) in [5.74, 6) is -0.831. The first-order valence-corrected chi connectivity index (χ1v) is 6.79. The maximum absolute atomic E-state index is 12.0. The number of carbonyl (C=O) groups excluding carboxylic acids is 1. The number of aromatic nitrogens is 3. The van der Waals surface area contributed by atoms with Gasteiger partial charge in [-0.2, -0.15) is 0 Å². The Balaban J connectivity index is 2.00. The van der Waals surface area contributed by atoms with Gasteiger partial charge in [0.15, 0.2) is 0 Å². The van der Waals surface area contributed by atoms with Gasteiger partial charge in [-0.1, -0.05) is 22.9 Å². The SMILES string of the molecule is CCCC1(C(=O)O)CCN(C(=O)Nc2nnns2)C1. The number of carbonyl (C=O) groups is 2. The minimum absolute atomic E-state index is 0.230. The predicted molar refractivity (Wildman–Crippen MR) is 67.9 cm³/mol. The molecule has 0 bridgehead atoms. The predicted octanol–water partition coefficient (Wildman–Crippen LogP) is 1.04. The van der Waals surface area contributed by atoms with Crippen LogP contribution in [0.15, 0.2) is 0 Å². The van der Waals surface area contributed by atoms with Gasteiger partial charge in [0.1, 0.15) is 0 Å². The number of nitrogens with zero attached hydrogens (tertiary/aromatic N) is 4. The molecule has 8 nitrogen and oxygen atoms in total. The van der Waals surface area contributed by atoms with Crippen molar-refractivity contribution in [2.45, 2.75) is 26.2 Å². The standard InChI is InChI=1S/C10H15N5O3S/c1-2-3-10(7(16)17)4-5-15(6-10)9(18)11-8-12-13-14-19-8/h2-6H2,1H3,(H,16,17)(H,11,12,14,18). The van der Waals surface area contributed by atoms with Gasteiger partial charge in [-0.05, 0) is 18.1 Å². The van der Waals surface area contributed by atoms with E-state index in [-0.39, 0.29) is 12.6 Å². The van der Waals surface area contributed by atoms with Crippen molar-refractivity contribution in [2.75, 3.05) is 18.4 Å². The number of hydrogen-bond donors (Lipinski definition) is 2. The summed E-state index contributed by atoms with van der Waals surface area (Å²) in [7, 11) is 0. The molecule has 1 aliphatic heterocycles. The van der Waals surface area contributed by atoms with E-state index in [4.69, 9.17) is 0 Å². The number of likely N-dealkylation sites (tertiary alicyclic amines) is 1. The lowest BCUT2D eigenvalue weighted by Crippen LogP contribution is -2.38.